The van der Waals surface area contributed by atoms with Crippen LogP contribution in [0.2, 0.25) is 18.1 Å². The molecular weight excluding hydrogens is 366 g/mol. The average molecular weight is 396 g/mol. The monoisotopic (exact) mass is 395 g/mol. The van der Waals surface area contributed by atoms with Crippen molar-refractivity contribution >= 4 is 35.2 Å². The lowest BCUT2D eigenvalue weighted by molar-refractivity contribution is 0.275. The molecule has 2 nitrogen and oxygen atoms in total. The van der Waals surface area contributed by atoms with Gasteiger partial charge in [0, 0.05) is 24.1 Å². The maximum absolute atomic E-state index is 6.31. The first-order valence-electron chi connectivity index (χ1n) is 8.43. The van der Waals surface area contributed by atoms with Gasteiger partial charge in [-0.25, -0.2) is 0 Å². The van der Waals surface area contributed by atoms with Gasteiger partial charge in [0.15, 0.2) is 8.32 Å². The molecule has 0 atom stereocenters. The van der Waals surface area contributed by atoms with Crippen molar-refractivity contribution in [2.45, 2.75) is 65.7 Å². The topological polar surface area (TPSA) is 14.2 Å². The Morgan fingerprint density at radius 1 is 1.17 bits per heavy atom. The van der Waals surface area contributed by atoms with Crippen LogP contribution in [-0.4, -0.2) is 19.5 Å². The van der Waals surface area contributed by atoms with Crippen molar-refractivity contribution in [3.63, 3.8) is 0 Å². The minimum absolute atomic E-state index is 0.279. The van der Waals surface area contributed by atoms with Gasteiger partial charge < -0.3 is 8.99 Å². The lowest BCUT2D eigenvalue weighted by Crippen LogP contribution is -2.41. The Labute approximate surface area is 150 Å². The summed E-state index contributed by atoms with van der Waals surface area (Å²) in [6.07, 6.45) is 1.04. The van der Waals surface area contributed by atoms with Crippen LogP contribution in [0.4, 0.5) is 0 Å². The molecule has 0 spiro atoms. The molecule has 1 aromatic heterocycles. The highest BCUT2D eigenvalue weighted by molar-refractivity contribution is 9.10. The molecule has 0 radical (unpaired) electrons. The third-order valence-corrected chi connectivity index (χ3v) is 10.8. The van der Waals surface area contributed by atoms with E-state index in [9.17, 15) is 0 Å². The molecule has 2 rings (SSSR count). The fourth-order valence-electron chi connectivity index (χ4n) is 2.59. The highest BCUT2D eigenvalue weighted by Gasteiger charge is 2.36. The second-order valence-electron chi connectivity index (χ2n) is 8.05. The normalized spacial score (nSPS) is 13.0. The number of hydrogen-bond acceptors (Lipinski definition) is 1. The first-order valence-corrected chi connectivity index (χ1v) is 12.1. The fraction of sp³-hybridized carbons (Fsp3) is 0.579. The van der Waals surface area contributed by atoms with Gasteiger partial charge in [0.25, 0.3) is 0 Å². The summed E-state index contributed by atoms with van der Waals surface area (Å²) in [5.74, 6) is 0. The van der Waals surface area contributed by atoms with Crippen LogP contribution in [0.15, 0.2) is 22.8 Å². The third-order valence-electron chi connectivity index (χ3n) is 5.19. The summed E-state index contributed by atoms with van der Waals surface area (Å²) < 4.78 is 9.89. The Morgan fingerprint density at radius 2 is 1.83 bits per heavy atom. The number of nitrogens with zero attached hydrogens (tertiary/aromatic N) is 1. The molecule has 128 valence electrons. The largest absolute Gasteiger partial charge is 0.417 e. The number of aromatic nitrogens is 1. The molecule has 0 aliphatic rings. The van der Waals surface area contributed by atoms with Gasteiger partial charge in [-0.1, -0.05) is 32.9 Å². The van der Waals surface area contributed by atoms with Crippen LogP contribution < -0.4 is 0 Å². The van der Waals surface area contributed by atoms with E-state index in [1.165, 1.54) is 26.6 Å². The second-order valence-corrected chi connectivity index (χ2v) is 13.6. The van der Waals surface area contributed by atoms with E-state index in [1.807, 2.05) is 0 Å². The summed E-state index contributed by atoms with van der Waals surface area (Å²) in [5, 5.41) is 1.62. The quantitative estimate of drug-likeness (QED) is 0.419. The molecule has 0 saturated carbocycles. The van der Waals surface area contributed by atoms with Crippen molar-refractivity contribution < 1.29 is 4.43 Å². The fourth-order valence-corrected chi connectivity index (χ4v) is 4.26. The summed E-state index contributed by atoms with van der Waals surface area (Å²) in [7, 11) is -1.64. The maximum Gasteiger partial charge on any atom is 0.191 e. The first kappa shape index (κ1) is 18.8. The van der Waals surface area contributed by atoms with Crippen LogP contribution in [0, 0.1) is 13.8 Å². The Hall–Kier alpha value is -0.583. The molecule has 0 amide bonds. The Bertz CT molecular complexity index is 697. The van der Waals surface area contributed by atoms with E-state index in [-0.39, 0.29) is 5.04 Å². The Kier molecular flexibility index (Phi) is 5.49. The van der Waals surface area contributed by atoms with Crippen LogP contribution in [0.3, 0.4) is 0 Å². The molecule has 0 N–H and O–H groups in total. The smallest absolute Gasteiger partial charge is 0.191 e. The van der Waals surface area contributed by atoms with Crippen LogP contribution in [0.25, 0.3) is 10.9 Å². The zero-order valence-electron chi connectivity index (χ0n) is 15.6. The SMILES string of the molecule is Cc1ccc2c(C)c(Br)n(CCCO[Si](C)(C)C(C)(C)C)c2c1. The minimum atomic E-state index is -1.64. The molecule has 1 heterocycles. The van der Waals surface area contributed by atoms with E-state index in [0.29, 0.717) is 0 Å². The van der Waals surface area contributed by atoms with Crippen LogP contribution in [0.5, 0.6) is 0 Å². The number of rotatable bonds is 5. The van der Waals surface area contributed by atoms with Gasteiger partial charge in [0.2, 0.25) is 0 Å². The number of fused-ring (bicyclic) bond motifs is 1. The number of halogens is 1. The van der Waals surface area contributed by atoms with Gasteiger partial charge in [-0.05, 0) is 71.5 Å². The number of aryl methyl sites for hydroxylation is 3. The molecule has 0 fully saturated rings. The van der Waals surface area contributed by atoms with E-state index in [0.717, 1.165) is 19.6 Å². The molecule has 0 aliphatic heterocycles. The zero-order valence-corrected chi connectivity index (χ0v) is 18.2. The molecule has 23 heavy (non-hydrogen) atoms. The standard InChI is InChI=1S/C19H30BrNOSi/c1-14-9-10-16-15(2)18(20)21(17(16)13-14)11-8-12-22-23(6,7)19(3,4)5/h9-10,13H,8,11-12H2,1-7H3. The Balaban J connectivity index is 2.09. The van der Waals surface area contributed by atoms with Crippen molar-refractivity contribution in [1.82, 2.24) is 4.57 Å². The summed E-state index contributed by atoms with van der Waals surface area (Å²) >= 11 is 3.77. The van der Waals surface area contributed by atoms with Crippen molar-refractivity contribution in [1.29, 1.82) is 0 Å². The van der Waals surface area contributed by atoms with E-state index in [4.69, 9.17) is 4.43 Å². The molecular formula is C19H30BrNOSi. The van der Waals surface area contributed by atoms with Crippen molar-refractivity contribution in [2.24, 2.45) is 0 Å². The van der Waals surface area contributed by atoms with Gasteiger partial charge in [0.1, 0.15) is 0 Å². The summed E-state index contributed by atoms with van der Waals surface area (Å²) in [6, 6.07) is 6.70. The molecule has 0 aliphatic carbocycles. The summed E-state index contributed by atoms with van der Waals surface area (Å²) in [6.45, 7) is 17.7. The third kappa shape index (κ3) is 3.91. The lowest BCUT2D eigenvalue weighted by Gasteiger charge is -2.36. The van der Waals surface area contributed by atoms with E-state index >= 15 is 0 Å². The molecule has 0 unspecified atom stereocenters. The predicted octanol–water partition coefficient (Wildman–Crippen LogP) is 6.43. The highest BCUT2D eigenvalue weighted by Crippen LogP contribution is 2.36. The zero-order chi connectivity index (χ0) is 17.4. The first-order chi connectivity index (χ1) is 10.5. The minimum Gasteiger partial charge on any atom is -0.417 e. The van der Waals surface area contributed by atoms with Gasteiger partial charge in [-0.3, -0.25) is 0 Å². The summed E-state index contributed by atoms with van der Waals surface area (Å²) in [4.78, 5) is 0. The van der Waals surface area contributed by atoms with Gasteiger partial charge in [-0.15, -0.1) is 0 Å². The van der Waals surface area contributed by atoms with E-state index < -0.39 is 8.32 Å². The van der Waals surface area contributed by atoms with Crippen LogP contribution in [0.1, 0.15) is 38.3 Å². The molecule has 4 heteroatoms. The van der Waals surface area contributed by atoms with Crippen molar-refractivity contribution in [3.8, 4) is 0 Å². The Morgan fingerprint density at radius 3 is 2.43 bits per heavy atom. The molecule has 2 aromatic rings. The number of benzene rings is 1. The second kappa shape index (κ2) is 6.73. The maximum atomic E-state index is 6.31. The van der Waals surface area contributed by atoms with Crippen molar-refractivity contribution in [3.05, 3.63) is 33.9 Å². The molecule has 0 bridgehead atoms. The lowest BCUT2D eigenvalue weighted by atomic mass is 10.1. The average Bonchev–Trinajstić information content (AvgIpc) is 2.66. The van der Waals surface area contributed by atoms with Crippen LogP contribution in [-0.2, 0) is 11.0 Å². The number of hydrogen-bond donors (Lipinski definition) is 0. The predicted molar refractivity (Wildman–Crippen MR) is 107 cm³/mol. The van der Waals surface area contributed by atoms with E-state index in [1.54, 1.807) is 0 Å². The van der Waals surface area contributed by atoms with Gasteiger partial charge in [-0.2, -0.15) is 0 Å². The van der Waals surface area contributed by atoms with Crippen molar-refractivity contribution in [2.75, 3.05) is 6.61 Å². The van der Waals surface area contributed by atoms with Gasteiger partial charge in [0.05, 0.1) is 4.60 Å². The van der Waals surface area contributed by atoms with E-state index in [2.05, 4.69) is 86.4 Å². The molecule has 0 saturated heterocycles. The van der Waals surface area contributed by atoms with Gasteiger partial charge >= 0.3 is 0 Å². The highest BCUT2D eigenvalue weighted by atomic mass is 79.9. The van der Waals surface area contributed by atoms with Crippen LogP contribution >= 0.6 is 15.9 Å². The summed E-state index contributed by atoms with van der Waals surface area (Å²) in [5.41, 5.74) is 3.95. The molecule has 1 aromatic carbocycles.